The SMILES string of the molecule is CC(C)(C)c1cc(C(C)(C)O)ccc1N1CCN(C(=O)O)CC1. The molecule has 1 aliphatic rings. The van der Waals surface area contributed by atoms with Crippen LogP contribution in [0, 0.1) is 0 Å². The van der Waals surface area contributed by atoms with Crippen molar-refractivity contribution in [3.8, 4) is 0 Å². The van der Waals surface area contributed by atoms with Crippen LogP contribution in [0.3, 0.4) is 0 Å². The Labute approximate surface area is 138 Å². The summed E-state index contributed by atoms with van der Waals surface area (Å²) in [6.07, 6.45) is -0.849. The third-order valence-corrected chi connectivity index (χ3v) is 4.40. The summed E-state index contributed by atoms with van der Waals surface area (Å²) in [5, 5.41) is 19.4. The van der Waals surface area contributed by atoms with Gasteiger partial charge < -0.3 is 20.0 Å². The Balaban J connectivity index is 2.34. The topological polar surface area (TPSA) is 64.0 Å². The molecule has 1 fully saturated rings. The van der Waals surface area contributed by atoms with E-state index >= 15 is 0 Å². The molecule has 0 unspecified atom stereocenters. The molecule has 5 nitrogen and oxygen atoms in total. The molecule has 128 valence electrons. The summed E-state index contributed by atoms with van der Waals surface area (Å²) in [4.78, 5) is 14.8. The third-order valence-electron chi connectivity index (χ3n) is 4.40. The molecule has 0 aliphatic carbocycles. The second-order valence-electron chi connectivity index (χ2n) is 7.80. The molecule has 0 spiro atoms. The van der Waals surface area contributed by atoms with Crippen LogP contribution in [0.1, 0.15) is 45.7 Å². The van der Waals surface area contributed by atoms with Gasteiger partial charge in [0.15, 0.2) is 0 Å². The molecule has 1 aliphatic heterocycles. The Morgan fingerprint density at radius 1 is 1.04 bits per heavy atom. The maximum atomic E-state index is 11.1. The lowest BCUT2D eigenvalue weighted by molar-refractivity contribution is 0.0784. The highest BCUT2D eigenvalue weighted by atomic mass is 16.4. The fraction of sp³-hybridized carbons (Fsp3) is 0.611. The molecule has 0 saturated carbocycles. The largest absolute Gasteiger partial charge is 0.465 e. The molecule has 23 heavy (non-hydrogen) atoms. The molecule has 1 aromatic carbocycles. The van der Waals surface area contributed by atoms with Gasteiger partial charge in [0.25, 0.3) is 0 Å². The summed E-state index contributed by atoms with van der Waals surface area (Å²) in [5.41, 5.74) is 2.29. The van der Waals surface area contributed by atoms with E-state index in [1.165, 1.54) is 10.5 Å². The minimum absolute atomic E-state index is 0.0550. The van der Waals surface area contributed by atoms with Gasteiger partial charge in [0, 0.05) is 31.9 Å². The van der Waals surface area contributed by atoms with Gasteiger partial charge in [0.1, 0.15) is 0 Å². The van der Waals surface area contributed by atoms with Crippen molar-refractivity contribution < 1.29 is 15.0 Å². The number of carbonyl (C=O) groups is 1. The number of benzene rings is 1. The van der Waals surface area contributed by atoms with E-state index in [4.69, 9.17) is 5.11 Å². The van der Waals surface area contributed by atoms with Crippen molar-refractivity contribution in [1.29, 1.82) is 0 Å². The molecular formula is C18H28N2O3. The average molecular weight is 320 g/mol. The smallest absolute Gasteiger partial charge is 0.407 e. The van der Waals surface area contributed by atoms with Gasteiger partial charge in [0.2, 0.25) is 0 Å². The first-order valence-electron chi connectivity index (χ1n) is 8.10. The lowest BCUT2D eigenvalue weighted by atomic mass is 9.82. The molecule has 0 atom stereocenters. The molecule has 0 aromatic heterocycles. The Morgan fingerprint density at radius 3 is 2.04 bits per heavy atom. The van der Waals surface area contributed by atoms with Crippen LogP contribution in [0.15, 0.2) is 18.2 Å². The van der Waals surface area contributed by atoms with Crippen LogP contribution in [0.2, 0.25) is 0 Å². The Morgan fingerprint density at radius 2 is 1.61 bits per heavy atom. The zero-order valence-corrected chi connectivity index (χ0v) is 14.8. The van der Waals surface area contributed by atoms with Crippen molar-refractivity contribution in [3.05, 3.63) is 29.3 Å². The zero-order chi connectivity index (χ0) is 17.4. The van der Waals surface area contributed by atoms with Crippen molar-refractivity contribution in [1.82, 2.24) is 4.90 Å². The number of piperazine rings is 1. The minimum Gasteiger partial charge on any atom is -0.465 e. The second kappa shape index (κ2) is 6.04. The first kappa shape index (κ1) is 17.6. The van der Waals surface area contributed by atoms with Crippen molar-refractivity contribution in [3.63, 3.8) is 0 Å². The molecule has 0 bridgehead atoms. The molecule has 1 amide bonds. The number of hydrogen-bond acceptors (Lipinski definition) is 3. The first-order chi connectivity index (χ1) is 10.5. The number of carboxylic acid groups (broad SMARTS) is 1. The van der Waals surface area contributed by atoms with Gasteiger partial charge in [-0.05, 0) is 36.5 Å². The monoisotopic (exact) mass is 320 g/mol. The highest BCUT2D eigenvalue weighted by Gasteiger charge is 2.27. The van der Waals surface area contributed by atoms with Gasteiger partial charge in [-0.3, -0.25) is 0 Å². The fourth-order valence-electron chi connectivity index (χ4n) is 2.93. The predicted octanol–water partition coefficient (Wildman–Crippen LogP) is 3.01. The van der Waals surface area contributed by atoms with Crippen LogP contribution in [0.5, 0.6) is 0 Å². The summed E-state index contributed by atoms with van der Waals surface area (Å²) in [6.45, 7) is 12.5. The van der Waals surface area contributed by atoms with Crippen LogP contribution < -0.4 is 4.90 Å². The Hall–Kier alpha value is -1.75. The molecule has 1 saturated heterocycles. The maximum Gasteiger partial charge on any atom is 0.407 e. The summed E-state index contributed by atoms with van der Waals surface area (Å²) >= 11 is 0. The van der Waals surface area contributed by atoms with Crippen molar-refractivity contribution in [2.45, 2.75) is 45.6 Å². The van der Waals surface area contributed by atoms with Crippen LogP contribution in [0.4, 0.5) is 10.5 Å². The Kier molecular flexibility index (Phi) is 4.62. The van der Waals surface area contributed by atoms with E-state index < -0.39 is 11.7 Å². The molecule has 2 N–H and O–H groups in total. The molecule has 5 heteroatoms. The Bertz CT molecular complexity index is 577. The van der Waals surface area contributed by atoms with E-state index in [1.807, 2.05) is 6.07 Å². The first-order valence-corrected chi connectivity index (χ1v) is 8.10. The van der Waals surface area contributed by atoms with Crippen LogP contribution in [-0.2, 0) is 11.0 Å². The lowest BCUT2D eigenvalue weighted by Crippen LogP contribution is -2.48. The second-order valence-corrected chi connectivity index (χ2v) is 7.80. The van der Waals surface area contributed by atoms with Crippen LogP contribution in [-0.4, -0.2) is 47.4 Å². The maximum absolute atomic E-state index is 11.1. The average Bonchev–Trinajstić information content (AvgIpc) is 2.45. The van der Waals surface area contributed by atoms with E-state index in [0.717, 1.165) is 11.3 Å². The number of nitrogens with zero attached hydrogens (tertiary/aromatic N) is 2. The van der Waals surface area contributed by atoms with Crippen molar-refractivity contribution in [2.75, 3.05) is 31.1 Å². The van der Waals surface area contributed by atoms with E-state index in [9.17, 15) is 9.90 Å². The fourth-order valence-corrected chi connectivity index (χ4v) is 2.93. The normalized spacial score (nSPS) is 16.6. The quantitative estimate of drug-likeness (QED) is 0.879. The van der Waals surface area contributed by atoms with E-state index in [-0.39, 0.29) is 5.41 Å². The number of hydrogen-bond donors (Lipinski definition) is 2. The molecule has 1 heterocycles. The third kappa shape index (κ3) is 3.96. The van der Waals surface area contributed by atoms with Crippen LogP contribution in [0.25, 0.3) is 0 Å². The van der Waals surface area contributed by atoms with E-state index in [2.05, 4.69) is 37.8 Å². The number of anilines is 1. The van der Waals surface area contributed by atoms with Gasteiger partial charge >= 0.3 is 6.09 Å². The lowest BCUT2D eigenvalue weighted by Gasteiger charge is -2.38. The number of rotatable bonds is 2. The van der Waals surface area contributed by atoms with Gasteiger partial charge in [-0.2, -0.15) is 0 Å². The molecule has 0 radical (unpaired) electrons. The number of amides is 1. The summed E-state index contributed by atoms with van der Waals surface area (Å²) in [5.74, 6) is 0. The zero-order valence-electron chi connectivity index (χ0n) is 14.8. The standard InChI is InChI=1S/C18H28N2O3/c1-17(2,3)14-12-13(18(4,5)23)6-7-15(14)19-8-10-20(11-9-19)16(21)22/h6-7,12,23H,8-11H2,1-5H3,(H,21,22). The van der Waals surface area contributed by atoms with Crippen LogP contribution >= 0.6 is 0 Å². The summed E-state index contributed by atoms with van der Waals surface area (Å²) in [7, 11) is 0. The number of aliphatic hydroxyl groups is 1. The van der Waals surface area contributed by atoms with Crippen molar-refractivity contribution >= 4 is 11.8 Å². The van der Waals surface area contributed by atoms with Crippen molar-refractivity contribution in [2.24, 2.45) is 0 Å². The van der Waals surface area contributed by atoms with E-state index in [1.54, 1.807) is 13.8 Å². The molecule has 2 rings (SSSR count). The summed E-state index contributed by atoms with van der Waals surface area (Å²) < 4.78 is 0. The van der Waals surface area contributed by atoms with Gasteiger partial charge in [-0.15, -0.1) is 0 Å². The van der Waals surface area contributed by atoms with Gasteiger partial charge in [-0.25, -0.2) is 4.79 Å². The van der Waals surface area contributed by atoms with Gasteiger partial charge in [-0.1, -0.05) is 32.9 Å². The van der Waals surface area contributed by atoms with Gasteiger partial charge in [0.05, 0.1) is 5.60 Å². The minimum atomic E-state index is -0.874. The molecular weight excluding hydrogens is 292 g/mol. The predicted molar refractivity (Wildman–Crippen MR) is 92.2 cm³/mol. The highest BCUT2D eigenvalue weighted by molar-refractivity contribution is 5.66. The van der Waals surface area contributed by atoms with E-state index in [0.29, 0.717) is 26.2 Å². The highest BCUT2D eigenvalue weighted by Crippen LogP contribution is 2.35. The molecule has 1 aromatic rings. The summed E-state index contributed by atoms with van der Waals surface area (Å²) in [6, 6.07) is 6.11.